The van der Waals surface area contributed by atoms with Crippen molar-refractivity contribution in [1.82, 2.24) is 5.32 Å². The van der Waals surface area contributed by atoms with Crippen LogP contribution in [0.4, 0.5) is 0 Å². The molecule has 1 atom stereocenters. The van der Waals surface area contributed by atoms with Crippen LogP contribution in [0.25, 0.3) is 0 Å². The zero-order chi connectivity index (χ0) is 15.9. The summed E-state index contributed by atoms with van der Waals surface area (Å²) in [6.45, 7) is 3.57. The maximum atomic E-state index is 12.1. The van der Waals surface area contributed by atoms with Crippen LogP contribution in [0.3, 0.4) is 0 Å². The molecule has 1 aliphatic heterocycles. The Bertz CT molecular complexity index is 539. The summed E-state index contributed by atoms with van der Waals surface area (Å²) in [5.41, 5.74) is 1.69. The van der Waals surface area contributed by atoms with E-state index >= 15 is 0 Å². The van der Waals surface area contributed by atoms with Gasteiger partial charge < -0.3 is 10.4 Å². The van der Waals surface area contributed by atoms with Gasteiger partial charge in [0.25, 0.3) is 5.91 Å². The van der Waals surface area contributed by atoms with Gasteiger partial charge in [0.2, 0.25) is 0 Å². The molecule has 2 N–H and O–H groups in total. The molecule has 118 valence electrons. The molecule has 1 heterocycles. The molecule has 0 saturated carbocycles. The van der Waals surface area contributed by atoms with Crippen LogP contribution in [0.5, 0.6) is 0 Å². The van der Waals surface area contributed by atoms with Crippen molar-refractivity contribution in [3.05, 3.63) is 48.0 Å². The van der Waals surface area contributed by atoms with E-state index in [1.165, 1.54) is 5.56 Å². The summed E-state index contributed by atoms with van der Waals surface area (Å²) in [6, 6.07) is 6.54. The predicted octanol–water partition coefficient (Wildman–Crippen LogP) is 3.31. The van der Waals surface area contributed by atoms with Gasteiger partial charge in [0.1, 0.15) is 6.04 Å². The van der Waals surface area contributed by atoms with E-state index in [-0.39, 0.29) is 5.91 Å². The van der Waals surface area contributed by atoms with Crippen molar-refractivity contribution in [3.8, 4) is 0 Å². The maximum absolute atomic E-state index is 12.1. The third-order valence-electron chi connectivity index (χ3n) is 3.33. The number of carboxylic acids is 1. The van der Waals surface area contributed by atoms with Crippen LogP contribution in [0.2, 0.25) is 0 Å². The average Bonchev–Trinajstić information content (AvgIpc) is 3.05. The van der Waals surface area contributed by atoms with Gasteiger partial charge in [0, 0.05) is 17.1 Å². The van der Waals surface area contributed by atoms with Crippen LogP contribution >= 0.6 is 23.5 Å². The van der Waals surface area contributed by atoms with Gasteiger partial charge in [-0.05, 0) is 30.5 Å². The molecule has 0 aliphatic carbocycles. The Kier molecular flexibility index (Phi) is 6.39. The highest BCUT2D eigenvalue weighted by Crippen LogP contribution is 2.45. The molecule has 0 aromatic heterocycles. The quantitative estimate of drug-likeness (QED) is 0.747. The zero-order valence-corrected chi connectivity index (χ0v) is 13.8. The Hall–Kier alpha value is -1.40. The number of carboxylic acid groups (broad SMARTS) is 1. The number of hydrogen-bond acceptors (Lipinski definition) is 4. The molecule has 2 rings (SSSR count). The van der Waals surface area contributed by atoms with Gasteiger partial charge in [-0.15, -0.1) is 30.1 Å². The Morgan fingerprint density at radius 3 is 2.50 bits per heavy atom. The number of nitrogens with one attached hydrogen (secondary N) is 1. The molecule has 1 unspecified atom stereocenters. The van der Waals surface area contributed by atoms with Crippen molar-refractivity contribution >= 4 is 35.4 Å². The monoisotopic (exact) mass is 337 g/mol. The maximum Gasteiger partial charge on any atom is 0.326 e. The van der Waals surface area contributed by atoms with Crippen LogP contribution in [-0.2, 0) is 4.79 Å². The van der Waals surface area contributed by atoms with E-state index in [4.69, 9.17) is 5.11 Å². The Morgan fingerprint density at radius 2 is 1.95 bits per heavy atom. The SMILES string of the molecule is C=CCCC(NC(=O)c1ccc(C2SCCS2)cc1)C(=O)O. The fourth-order valence-corrected chi connectivity index (χ4v) is 4.99. The minimum Gasteiger partial charge on any atom is -0.480 e. The lowest BCUT2D eigenvalue weighted by Crippen LogP contribution is -2.40. The third kappa shape index (κ3) is 4.55. The van der Waals surface area contributed by atoms with Crippen LogP contribution in [0.15, 0.2) is 36.9 Å². The molecule has 1 amide bonds. The molecule has 0 bridgehead atoms. The van der Waals surface area contributed by atoms with Gasteiger partial charge in [0.15, 0.2) is 0 Å². The molecule has 22 heavy (non-hydrogen) atoms. The first-order valence-electron chi connectivity index (χ1n) is 7.09. The van der Waals surface area contributed by atoms with Crippen LogP contribution in [0, 0.1) is 0 Å². The van der Waals surface area contributed by atoms with Gasteiger partial charge in [-0.25, -0.2) is 4.79 Å². The van der Waals surface area contributed by atoms with Gasteiger partial charge in [0.05, 0.1) is 4.58 Å². The molecular weight excluding hydrogens is 318 g/mol. The highest BCUT2D eigenvalue weighted by molar-refractivity contribution is 8.19. The lowest BCUT2D eigenvalue weighted by molar-refractivity contribution is -0.139. The van der Waals surface area contributed by atoms with Crippen LogP contribution < -0.4 is 5.32 Å². The summed E-state index contributed by atoms with van der Waals surface area (Å²) in [6.07, 6.45) is 2.54. The molecule has 1 aliphatic rings. The van der Waals surface area contributed by atoms with Crippen molar-refractivity contribution in [2.75, 3.05) is 11.5 Å². The average molecular weight is 337 g/mol. The first-order valence-corrected chi connectivity index (χ1v) is 9.19. The summed E-state index contributed by atoms with van der Waals surface area (Å²) >= 11 is 3.82. The number of hydrogen-bond donors (Lipinski definition) is 2. The summed E-state index contributed by atoms with van der Waals surface area (Å²) in [7, 11) is 0. The minimum absolute atomic E-state index is 0.345. The second kappa shape index (κ2) is 8.29. The van der Waals surface area contributed by atoms with Gasteiger partial charge in [-0.1, -0.05) is 18.2 Å². The Labute approximate surface area is 138 Å². The normalized spacial score (nSPS) is 16.2. The number of carbonyl (C=O) groups is 2. The molecule has 0 radical (unpaired) electrons. The van der Waals surface area contributed by atoms with Crippen molar-refractivity contribution in [2.24, 2.45) is 0 Å². The lowest BCUT2D eigenvalue weighted by Gasteiger charge is -2.14. The molecule has 0 spiro atoms. The number of amides is 1. The number of benzene rings is 1. The number of carbonyl (C=O) groups excluding carboxylic acids is 1. The fourth-order valence-electron chi connectivity index (χ4n) is 2.13. The van der Waals surface area contributed by atoms with Crippen molar-refractivity contribution in [3.63, 3.8) is 0 Å². The number of aliphatic carboxylic acids is 1. The highest BCUT2D eigenvalue weighted by atomic mass is 32.2. The standard InChI is InChI=1S/C16H19NO3S2/c1-2-3-4-13(15(19)20)17-14(18)11-5-7-12(8-6-11)16-21-9-10-22-16/h2,5-8,13,16H,1,3-4,9-10H2,(H,17,18)(H,19,20). The molecule has 4 nitrogen and oxygen atoms in total. The van der Waals surface area contributed by atoms with Gasteiger partial charge in [-0.2, -0.15) is 0 Å². The third-order valence-corrected chi connectivity index (χ3v) is 6.43. The van der Waals surface area contributed by atoms with E-state index in [0.717, 1.165) is 11.5 Å². The van der Waals surface area contributed by atoms with E-state index in [2.05, 4.69) is 11.9 Å². The van der Waals surface area contributed by atoms with E-state index < -0.39 is 12.0 Å². The number of allylic oxidation sites excluding steroid dienone is 1. The zero-order valence-electron chi connectivity index (χ0n) is 12.2. The molecule has 1 aromatic carbocycles. The predicted molar refractivity (Wildman–Crippen MR) is 92.4 cm³/mol. The molecule has 1 fully saturated rings. The first kappa shape index (κ1) is 17.0. The summed E-state index contributed by atoms with van der Waals surface area (Å²) in [5.74, 6) is 0.933. The Morgan fingerprint density at radius 1 is 1.32 bits per heavy atom. The Balaban J connectivity index is 1.98. The second-order valence-corrected chi connectivity index (χ2v) is 7.65. The minimum atomic E-state index is -1.02. The highest BCUT2D eigenvalue weighted by Gasteiger charge is 2.21. The van der Waals surface area contributed by atoms with E-state index in [9.17, 15) is 9.59 Å². The van der Waals surface area contributed by atoms with Crippen LogP contribution in [0.1, 0.15) is 33.3 Å². The summed E-state index contributed by atoms with van der Waals surface area (Å²) in [4.78, 5) is 23.3. The van der Waals surface area contributed by atoms with Crippen LogP contribution in [-0.4, -0.2) is 34.5 Å². The molecule has 1 aromatic rings. The molecule has 6 heteroatoms. The van der Waals surface area contributed by atoms with E-state index in [1.807, 2.05) is 35.7 Å². The molecule has 1 saturated heterocycles. The largest absolute Gasteiger partial charge is 0.480 e. The topological polar surface area (TPSA) is 66.4 Å². The summed E-state index contributed by atoms with van der Waals surface area (Å²) in [5, 5.41) is 11.7. The second-order valence-electron chi connectivity index (χ2n) is 4.93. The van der Waals surface area contributed by atoms with Gasteiger partial charge >= 0.3 is 5.97 Å². The number of rotatable bonds is 7. The smallest absolute Gasteiger partial charge is 0.326 e. The van der Waals surface area contributed by atoms with Gasteiger partial charge in [-0.3, -0.25) is 4.79 Å². The molecular formula is C16H19NO3S2. The van der Waals surface area contributed by atoms with Crippen molar-refractivity contribution in [1.29, 1.82) is 0 Å². The first-order chi connectivity index (χ1) is 10.6. The van der Waals surface area contributed by atoms with Crippen molar-refractivity contribution < 1.29 is 14.7 Å². The summed E-state index contributed by atoms with van der Waals surface area (Å²) < 4.78 is 0.441. The lowest BCUT2D eigenvalue weighted by atomic mass is 10.1. The number of thioether (sulfide) groups is 2. The fraction of sp³-hybridized carbons (Fsp3) is 0.375. The van der Waals surface area contributed by atoms with E-state index in [1.54, 1.807) is 18.2 Å². The van der Waals surface area contributed by atoms with E-state index in [0.29, 0.717) is 23.0 Å². The van der Waals surface area contributed by atoms with Crippen molar-refractivity contribution in [2.45, 2.75) is 23.5 Å².